The number of fused-ring (bicyclic) bond motifs is 1. The molecule has 1 unspecified atom stereocenters. The number of benzene rings is 2. The van der Waals surface area contributed by atoms with Crippen molar-refractivity contribution in [2.24, 2.45) is 0 Å². The minimum absolute atomic E-state index is 0.00923. The first-order valence-corrected chi connectivity index (χ1v) is 9.67. The molecule has 2 heterocycles. The van der Waals surface area contributed by atoms with Gasteiger partial charge in [-0.25, -0.2) is 18.2 Å². The maximum absolute atomic E-state index is 14.6. The van der Waals surface area contributed by atoms with Crippen LogP contribution in [0.25, 0.3) is 0 Å². The second-order valence-electron chi connectivity index (χ2n) is 7.22. The Bertz CT molecular complexity index is 1120. The topological polar surface area (TPSA) is 62.3 Å². The number of pyridine rings is 1. The largest absolute Gasteiger partial charge is 0.327 e. The van der Waals surface area contributed by atoms with Crippen LogP contribution in [0.15, 0.2) is 60.8 Å². The summed E-state index contributed by atoms with van der Waals surface area (Å²) in [7, 11) is 0. The molecule has 31 heavy (non-hydrogen) atoms. The molecule has 1 atom stereocenters. The molecule has 8 heteroatoms. The number of nitrogens with zero attached hydrogens (tertiary/aromatic N) is 2. The van der Waals surface area contributed by atoms with Crippen LogP contribution in [0.1, 0.15) is 40.4 Å². The second kappa shape index (κ2) is 8.59. The Hall–Kier alpha value is -3.68. The van der Waals surface area contributed by atoms with Gasteiger partial charge in [-0.05, 0) is 48.4 Å². The SMILES string of the molecule is O=C(CCC1c2c(F)cccc2C(=O)N1Cc1ccc(F)cc1)Nc1ccc(F)cn1. The number of halogens is 3. The summed E-state index contributed by atoms with van der Waals surface area (Å²) >= 11 is 0. The van der Waals surface area contributed by atoms with Gasteiger partial charge in [-0.15, -0.1) is 0 Å². The molecule has 2 aromatic carbocycles. The summed E-state index contributed by atoms with van der Waals surface area (Å²) in [5.41, 5.74) is 1.20. The van der Waals surface area contributed by atoms with Gasteiger partial charge in [-0.3, -0.25) is 9.59 Å². The zero-order chi connectivity index (χ0) is 22.0. The smallest absolute Gasteiger partial charge is 0.255 e. The lowest BCUT2D eigenvalue weighted by molar-refractivity contribution is -0.116. The first-order valence-electron chi connectivity index (χ1n) is 9.67. The van der Waals surface area contributed by atoms with Crippen molar-refractivity contribution in [2.75, 3.05) is 5.32 Å². The molecule has 0 saturated carbocycles. The lowest BCUT2D eigenvalue weighted by atomic mass is 9.99. The summed E-state index contributed by atoms with van der Waals surface area (Å²) in [5, 5.41) is 2.56. The van der Waals surface area contributed by atoms with E-state index >= 15 is 0 Å². The summed E-state index contributed by atoms with van der Waals surface area (Å²) < 4.78 is 40.8. The summed E-state index contributed by atoms with van der Waals surface area (Å²) in [5.74, 6) is -1.97. The van der Waals surface area contributed by atoms with E-state index in [4.69, 9.17) is 0 Å². The molecule has 3 aromatic rings. The third kappa shape index (κ3) is 4.42. The van der Waals surface area contributed by atoms with Gasteiger partial charge in [0.1, 0.15) is 23.3 Å². The Kier molecular flexibility index (Phi) is 5.70. The van der Waals surface area contributed by atoms with Crippen LogP contribution < -0.4 is 5.32 Å². The third-order valence-corrected chi connectivity index (χ3v) is 5.16. The number of carbonyl (C=O) groups excluding carboxylic acids is 2. The molecular weight excluding hydrogens is 407 g/mol. The highest BCUT2D eigenvalue weighted by molar-refractivity contribution is 5.99. The second-order valence-corrected chi connectivity index (χ2v) is 7.22. The van der Waals surface area contributed by atoms with Gasteiger partial charge in [0, 0.05) is 24.1 Å². The van der Waals surface area contributed by atoms with E-state index in [1.54, 1.807) is 18.2 Å². The van der Waals surface area contributed by atoms with E-state index in [1.165, 1.54) is 41.3 Å². The summed E-state index contributed by atoms with van der Waals surface area (Å²) in [6, 6.07) is 11.9. The predicted molar refractivity (Wildman–Crippen MR) is 107 cm³/mol. The number of hydrogen-bond acceptors (Lipinski definition) is 3. The highest BCUT2D eigenvalue weighted by Crippen LogP contribution is 2.39. The number of anilines is 1. The van der Waals surface area contributed by atoms with Gasteiger partial charge in [-0.1, -0.05) is 18.2 Å². The lowest BCUT2D eigenvalue weighted by Gasteiger charge is -2.25. The van der Waals surface area contributed by atoms with E-state index in [1.807, 2.05) is 0 Å². The van der Waals surface area contributed by atoms with Crippen molar-refractivity contribution >= 4 is 17.6 Å². The predicted octanol–water partition coefficient (Wildman–Crippen LogP) is 4.61. The summed E-state index contributed by atoms with van der Waals surface area (Å²) in [6.07, 6.45) is 1.15. The van der Waals surface area contributed by atoms with E-state index in [9.17, 15) is 22.8 Å². The molecule has 0 saturated heterocycles. The van der Waals surface area contributed by atoms with Crippen LogP contribution in [-0.2, 0) is 11.3 Å². The first kappa shape index (κ1) is 20.6. The molecule has 0 bridgehead atoms. The number of hydrogen-bond donors (Lipinski definition) is 1. The van der Waals surface area contributed by atoms with Gasteiger partial charge in [0.25, 0.3) is 5.91 Å². The molecule has 0 fully saturated rings. The Morgan fingerprint density at radius 1 is 1.00 bits per heavy atom. The van der Waals surface area contributed by atoms with Gasteiger partial charge in [-0.2, -0.15) is 0 Å². The number of aromatic nitrogens is 1. The molecule has 1 aromatic heterocycles. The van der Waals surface area contributed by atoms with Gasteiger partial charge in [0.15, 0.2) is 0 Å². The molecule has 1 aliphatic heterocycles. The molecule has 5 nitrogen and oxygen atoms in total. The van der Waals surface area contributed by atoms with Crippen LogP contribution in [-0.4, -0.2) is 21.7 Å². The molecule has 2 amide bonds. The number of rotatable bonds is 6. The van der Waals surface area contributed by atoms with Crippen LogP contribution in [0.5, 0.6) is 0 Å². The fourth-order valence-electron chi connectivity index (χ4n) is 3.71. The van der Waals surface area contributed by atoms with Gasteiger partial charge in [0.2, 0.25) is 5.91 Å². The van der Waals surface area contributed by atoms with E-state index in [2.05, 4.69) is 10.3 Å². The maximum atomic E-state index is 14.6. The van der Waals surface area contributed by atoms with Gasteiger partial charge in [0.05, 0.1) is 12.2 Å². The molecule has 0 aliphatic carbocycles. The molecule has 1 aliphatic rings. The van der Waals surface area contributed by atoms with Crippen LogP contribution in [0.3, 0.4) is 0 Å². The number of amides is 2. The van der Waals surface area contributed by atoms with Crippen LogP contribution in [0.4, 0.5) is 19.0 Å². The Morgan fingerprint density at radius 2 is 1.74 bits per heavy atom. The highest BCUT2D eigenvalue weighted by Gasteiger charge is 2.38. The quantitative estimate of drug-likeness (QED) is 0.627. The molecular formula is C23H18F3N3O2. The fourth-order valence-corrected chi connectivity index (χ4v) is 3.71. The molecule has 4 rings (SSSR count). The monoisotopic (exact) mass is 425 g/mol. The van der Waals surface area contributed by atoms with Crippen molar-refractivity contribution in [3.05, 3.63) is 94.9 Å². The summed E-state index contributed by atoms with van der Waals surface area (Å²) in [4.78, 5) is 30.6. The average Bonchev–Trinajstić information content (AvgIpc) is 3.02. The maximum Gasteiger partial charge on any atom is 0.255 e. The third-order valence-electron chi connectivity index (χ3n) is 5.16. The van der Waals surface area contributed by atoms with E-state index in [0.717, 1.165) is 6.20 Å². The molecule has 0 radical (unpaired) electrons. The highest BCUT2D eigenvalue weighted by atomic mass is 19.1. The number of carbonyl (C=O) groups is 2. The van der Waals surface area contributed by atoms with Crippen LogP contribution >= 0.6 is 0 Å². The van der Waals surface area contributed by atoms with Crippen LogP contribution in [0.2, 0.25) is 0 Å². The molecule has 158 valence electrons. The fraction of sp³-hybridized carbons (Fsp3) is 0.174. The normalized spacial score (nSPS) is 15.1. The van der Waals surface area contributed by atoms with Gasteiger partial charge < -0.3 is 10.2 Å². The Labute approximate surface area is 176 Å². The standard InChI is InChI=1S/C23H18F3N3O2/c24-15-6-4-14(5-7-15)13-29-19(22-17(23(29)31)2-1-3-18(22)26)9-11-21(30)28-20-10-8-16(25)12-27-20/h1-8,10,12,19H,9,11,13H2,(H,27,28,30). The summed E-state index contributed by atoms with van der Waals surface area (Å²) in [6.45, 7) is 0.152. The Morgan fingerprint density at radius 3 is 2.45 bits per heavy atom. The van der Waals surface area contributed by atoms with Crippen molar-refractivity contribution in [3.63, 3.8) is 0 Å². The van der Waals surface area contributed by atoms with Crippen molar-refractivity contribution < 1.29 is 22.8 Å². The average molecular weight is 425 g/mol. The molecule has 1 N–H and O–H groups in total. The zero-order valence-electron chi connectivity index (χ0n) is 16.3. The van der Waals surface area contributed by atoms with Crippen molar-refractivity contribution in [1.29, 1.82) is 0 Å². The molecule has 0 spiro atoms. The zero-order valence-corrected chi connectivity index (χ0v) is 16.3. The van der Waals surface area contributed by atoms with E-state index < -0.39 is 29.4 Å². The Balaban J connectivity index is 1.53. The van der Waals surface area contributed by atoms with Gasteiger partial charge >= 0.3 is 0 Å². The lowest BCUT2D eigenvalue weighted by Crippen LogP contribution is -2.28. The minimum Gasteiger partial charge on any atom is -0.327 e. The van der Waals surface area contributed by atoms with Crippen molar-refractivity contribution in [1.82, 2.24) is 9.88 Å². The van der Waals surface area contributed by atoms with E-state index in [0.29, 0.717) is 5.56 Å². The van der Waals surface area contributed by atoms with Crippen molar-refractivity contribution in [3.8, 4) is 0 Å². The first-order chi connectivity index (χ1) is 14.9. The van der Waals surface area contributed by atoms with Crippen LogP contribution in [0, 0.1) is 17.5 Å². The number of nitrogens with one attached hydrogen (secondary N) is 1. The minimum atomic E-state index is -0.652. The van der Waals surface area contributed by atoms with E-state index in [-0.39, 0.29) is 42.2 Å². The van der Waals surface area contributed by atoms with Crippen molar-refractivity contribution in [2.45, 2.75) is 25.4 Å².